The van der Waals surface area contributed by atoms with Crippen molar-refractivity contribution in [1.82, 2.24) is 0 Å². The lowest BCUT2D eigenvalue weighted by molar-refractivity contribution is -0.112. The number of hydrogen-bond acceptors (Lipinski definition) is 1. The smallest absolute Gasteiger partial charge is 0.152 e. The first kappa shape index (κ1) is 19.9. The van der Waals surface area contributed by atoms with Crippen LogP contribution in [0.5, 0.6) is 0 Å². The van der Waals surface area contributed by atoms with Crippen molar-refractivity contribution in [2.24, 2.45) is 0 Å². The fourth-order valence-corrected chi connectivity index (χ4v) is 1.47. The molecule has 22 heavy (non-hydrogen) atoms. The number of hydrogen-bond donors (Lipinski definition) is 0. The lowest BCUT2D eigenvalue weighted by Gasteiger charge is -2.01. The van der Waals surface area contributed by atoms with Gasteiger partial charge < -0.3 is 0 Å². The van der Waals surface area contributed by atoms with Crippen molar-refractivity contribution in [2.75, 3.05) is 0 Å². The molecule has 2 aromatic carbocycles. The average molecular weight is 296 g/mol. The van der Waals surface area contributed by atoms with Crippen molar-refractivity contribution in [3.63, 3.8) is 0 Å². The van der Waals surface area contributed by atoms with Gasteiger partial charge in [0.1, 0.15) is 0 Å². The highest BCUT2D eigenvalue weighted by atomic mass is 16.1. The van der Waals surface area contributed by atoms with E-state index in [-0.39, 0.29) is 5.78 Å². The minimum Gasteiger partial charge on any atom is -0.295 e. The minimum atomic E-state index is 0.0185. The highest BCUT2D eigenvalue weighted by Gasteiger charge is 1.93. The lowest BCUT2D eigenvalue weighted by atomic mass is 10.0. The van der Waals surface area contributed by atoms with E-state index in [1.54, 1.807) is 0 Å². The molecule has 0 unspecified atom stereocenters. The summed E-state index contributed by atoms with van der Waals surface area (Å²) in [7, 11) is 0. The molecular formula is C21H28O. The summed E-state index contributed by atoms with van der Waals surface area (Å²) in [6.07, 6.45) is 1.28. The highest BCUT2D eigenvalue weighted by Crippen LogP contribution is 2.11. The normalized spacial score (nSPS) is 9.00. The van der Waals surface area contributed by atoms with Crippen LogP contribution in [-0.4, -0.2) is 5.78 Å². The molecule has 1 heteroatoms. The second-order valence-corrected chi connectivity index (χ2v) is 5.53. The first-order valence-corrected chi connectivity index (χ1v) is 7.58. The first-order valence-electron chi connectivity index (χ1n) is 7.58. The molecule has 0 aromatic heterocycles. The quantitative estimate of drug-likeness (QED) is 0.633. The Kier molecular flexibility index (Phi) is 10.4. The molecule has 2 rings (SSSR count). The van der Waals surface area contributed by atoms with E-state index >= 15 is 0 Å². The van der Waals surface area contributed by atoms with Crippen LogP contribution in [0, 0.1) is 13.8 Å². The van der Waals surface area contributed by atoms with E-state index in [9.17, 15) is 4.79 Å². The van der Waals surface area contributed by atoms with Crippen molar-refractivity contribution in [3.8, 4) is 0 Å². The number of carbonyl (C=O) groups is 1. The maximum atomic E-state index is 9.69. The Bertz CT molecular complexity index is 515. The van der Waals surface area contributed by atoms with Gasteiger partial charge in [-0.2, -0.15) is 0 Å². The molecule has 0 bridgehead atoms. The van der Waals surface area contributed by atoms with Crippen LogP contribution in [0.1, 0.15) is 43.4 Å². The van der Waals surface area contributed by atoms with Gasteiger partial charge >= 0.3 is 0 Å². The lowest BCUT2D eigenvalue weighted by Crippen LogP contribution is -1.83. The molecule has 0 N–H and O–H groups in total. The van der Waals surface area contributed by atoms with Crippen LogP contribution in [-0.2, 0) is 4.79 Å². The predicted molar refractivity (Wildman–Crippen MR) is 97.3 cm³/mol. The fourth-order valence-electron chi connectivity index (χ4n) is 1.47. The van der Waals surface area contributed by atoms with E-state index in [1.807, 2.05) is 6.07 Å². The third-order valence-corrected chi connectivity index (χ3v) is 2.97. The zero-order valence-corrected chi connectivity index (χ0v) is 14.5. The van der Waals surface area contributed by atoms with Crippen molar-refractivity contribution in [2.45, 2.75) is 40.5 Å². The second kappa shape index (κ2) is 11.5. The highest BCUT2D eigenvalue weighted by molar-refractivity contribution is 5.86. The largest absolute Gasteiger partial charge is 0.295 e. The number of benzene rings is 2. The maximum absolute atomic E-state index is 9.69. The van der Waals surface area contributed by atoms with Crippen LogP contribution < -0.4 is 0 Å². The average Bonchev–Trinajstić information content (AvgIpc) is 2.52. The van der Waals surface area contributed by atoms with Crippen LogP contribution in [0.15, 0.2) is 67.3 Å². The van der Waals surface area contributed by atoms with Gasteiger partial charge in [-0.25, -0.2) is 0 Å². The van der Waals surface area contributed by atoms with Crippen LogP contribution in [0.4, 0.5) is 0 Å². The van der Waals surface area contributed by atoms with Gasteiger partial charge in [-0.05, 0) is 38.3 Å². The molecule has 0 radical (unpaired) electrons. The first-order chi connectivity index (χ1) is 10.4. The Morgan fingerprint density at radius 1 is 0.909 bits per heavy atom. The third-order valence-electron chi connectivity index (χ3n) is 2.97. The molecule has 0 spiro atoms. The van der Waals surface area contributed by atoms with Gasteiger partial charge in [-0.15, -0.1) is 0 Å². The van der Waals surface area contributed by atoms with E-state index < -0.39 is 0 Å². The Morgan fingerprint density at radius 2 is 1.27 bits per heavy atom. The van der Waals surface area contributed by atoms with Crippen LogP contribution >= 0.6 is 0 Å². The number of ketones is 1. The van der Waals surface area contributed by atoms with E-state index in [0.717, 1.165) is 0 Å². The van der Waals surface area contributed by atoms with Crippen molar-refractivity contribution < 1.29 is 4.79 Å². The SMILES string of the molecule is C=CC(C)=O.CC(C)c1ccccc1.Cc1ccc(C)cc1. The molecule has 1 nitrogen and oxygen atoms in total. The molecule has 0 heterocycles. The summed E-state index contributed by atoms with van der Waals surface area (Å²) in [5.74, 6) is 0.677. The van der Waals surface area contributed by atoms with E-state index in [0.29, 0.717) is 5.92 Å². The summed E-state index contributed by atoms with van der Waals surface area (Å²) in [5, 5.41) is 0. The van der Waals surface area contributed by atoms with E-state index in [1.165, 1.54) is 29.7 Å². The summed E-state index contributed by atoms with van der Waals surface area (Å²) in [5.41, 5.74) is 4.07. The van der Waals surface area contributed by atoms with Crippen molar-refractivity contribution >= 4 is 5.78 Å². The van der Waals surface area contributed by atoms with Crippen LogP contribution in [0.3, 0.4) is 0 Å². The molecule has 0 saturated carbocycles. The second-order valence-electron chi connectivity index (χ2n) is 5.53. The van der Waals surface area contributed by atoms with Gasteiger partial charge in [-0.3, -0.25) is 4.79 Å². The summed E-state index contributed by atoms with van der Waals surface area (Å²) in [4.78, 5) is 9.69. The Morgan fingerprint density at radius 3 is 1.50 bits per heavy atom. The molecule has 0 atom stereocenters. The summed E-state index contributed by atoms with van der Waals surface area (Å²) in [6.45, 7) is 13.3. The van der Waals surface area contributed by atoms with Crippen molar-refractivity contribution in [3.05, 3.63) is 83.9 Å². The number of aryl methyl sites for hydroxylation is 2. The van der Waals surface area contributed by atoms with Gasteiger partial charge in [-0.1, -0.05) is 86.2 Å². The standard InChI is InChI=1S/C9H12.C8H10.C4H6O/c1-8(2)9-6-4-3-5-7-9;1-7-3-5-8(2)6-4-7;1-3-4(2)5/h3-8H,1-2H3;3-6H,1-2H3;3H,1H2,2H3. The molecular weight excluding hydrogens is 268 g/mol. The summed E-state index contributed by atoms with van der Waals surface area (Å²) in [6, 6.07) is 19.0. The maximum Gasteiger partial charge on any atom is 0.152 e. The van der Waals surface area contributed by atoms with Gasteiger partial charge in [0.05, 0.1) is 0 Å². The molecule has 118 valence electrons. The zero-order chi connectivity index (χ0) is 17.0. The van der Waals surface area contributed by atoms with Crippen LogP contribution in [0.25, 0.3) is 0 Å². The van der Waals surface area contributed by atoms with Gasteiger partial charge in [0.15, 0.2) is 5.78 Å². The van der Waals surface area contributed by atoms with Gasteiger partial charge in [0.25, 0.3) is 0 Å². The van der Waals surface area contributed by atoms with Crippen LogP contribution in [0.2, 0.25) is 0 Å². The Labute approximate surface area is 135 Å². The van der Waals surface area contributed by atoms with E-state index in [2.05, 4.69) is 82.8 Å². The molecule has 0 aliphatic heterocycles. The summed E-state index contributed by atoms with van der Waals surface area (Å²) >= 11 is 0. The number of allylic oxidation sites excluding steroid dienone is 1. The Balaban J connectivity index is 0.000000315. The van der Waals surface area contributed by atoms with Gasteiger partial charge in [0, 0.05) is 0 Å². The number of carbonyl (C=O) groups excluding carboxylic acids is 1. The topological polar surface area (TPSA) is 17.1 Å². The minimum absolute atomic E-state index is 0.0185. The summed E-state index contributed by atoms with van der Waals surface area (Å²) < 4.78 is 0. The molecule has 0 fully saturated rings. The Hall–Kier alpha value is -2.15. The molecule has 0 aliphatic carbocycles. The van der Waals surface area contributed by atoms with E-state index in [4.69, 9.17) is 0 Å². The fraction of sp³-hybridized carbons (Fsp3) is 0.286. The zero-order valence-electron chi connectivity index (χ0n) is 14.5. The number of rotatable bonds is 2. The molecule has 0 saturated heterocycles. The molecule has 0 aliphatic rings. The predicted octanol–water partition coefficient (Wildman–Crippen LogP) is 5.87. The van der Waals surface area contributed by atoms with Gasteiger partial charge in [0.2, 0.25) is 0 Å². The monoisotopic (exact) mass is 296 g/mol. The molecule has 2 aromatic rings. The van der Waals surface area contributed by atoms with Crippen molar-refractivity contribution in [1.29, 1.82) is 0 Å². The molecule has 0 amide bonds. The third kappa shape index (κ3) is 10.6.